The molecule has 1 fully saturated rings. The minimum absolute atomic E-state index is 0.0901. The maximum absolute atomic E-state index is 12.3. The van der Waals surface area contributed by atoms with Gasteiger partial charge in [0.1, 0.15) is 0 Å². The van der Waals surface area contributed by atoms with Crippen LogP contribution in [-0.4, -0.2) is 43.0 Å². The average molecular weight is 245 g/mol. The summed E-state index contributed by atoms with van der Waals surface area (Å²) in [4.78, 5) is 22.4. The van der Waals surface area contributed by atoms with Crippen molar-refractivity contribution >= 4 is 11.7 Å². The van der Waals surface area contributed by atoms with Gasteiger partial charge in [0.05, 0.1) is 0 Å². The maximum atomic E-state index is 12.3. The summed E-state index contributed by atoms with van der Waals surface area (Å²) in [6, 6.07) is 2.03. The molecular formula is C12H15N5O. The molecular weight excluding hydrogens is 230 g/mol. The first-order valence-electron chi connectivity index (χ1n) is 6.24. The Morgan fingerprint density at radius 2 is 2.33 bits per heavy atom. The number of likely N-dealkylation sites (tertiary alicyclic amines) is 1. The molecule has 2 aromatic rings. The van der Waals surface area contributed by atoms with Gasteiger partial charge in [0.2, 0.25) is 5.82 Å². The quantitative estimate of drug-likeness (QED) is 0.755. The van der Waals surface area contributed by atoms with Crippen LogP contribution in [0, 0.1) is 0 Å². The van der Waals surface area contributed by atoms with Crippen LogP contribution in [0.1, 0.15) is 36.8 Å². The molecule has 6 heteroatoms. The largest absolute Gasteiger partial charge is 0.333 e. The van der Waals surface area contributed by atoms with Crippen LogP contribution in [0.3, 0.4) is 0 Å². The van der Waals surface area contributed by atoms with Gasteiger partial charge in [0.25, 0.3) is 11.7 Å². The highest BCUT2D eigenvalue weighted by Crippen LogP contribution is 2.18. The lowest BCUT2D eigenvalue weighted by molar-refractivity contribution is 0.0623. The minimum atomic E-state index is -0.0901. The van der Waals surface area contributed by atoms with E-state index >= 15 is 0 Å². The molecule has 1 amide bonds. The van der Waals surface area contributed by atoms with Crippen LogP contribution in [0.2, 0.25) is 0 Å². The third-order valence-electron chi connectivity index (χ3n) is 3.37. The van der Waals surface area contributed by atoms with Gasteiger partial charge in [-0.05, 0) is 32.3 Å². The van der Waals surface area contributed by atoms with Gasteiger partial charge in [-0.2, -0.15) is 4.98 Å². The van der Waals surface area contributed by atoms with Crippen LogP contribution < -0.4 is 0 Å². The van der Waals surface area contributed by atoms with Gasteiger partial charge in [-0.15, -0.1) is 5.10 Å². The molecule has 3 heterocycles. The van der Waals surface area contributed by atoms with E-state index in [1.54, 1.807) is 18.5 Å². The number of aromatic nitrogens is 4. The summed E-state index contributed by atoms with van der Waals surface area (Å²) in [5.41, 5.74) is 0. The summed E-state index contributed by atoms with van der Waals surface area (Å²) in [6.45, 7) is 2.87. The molecule has 1 unspecified atom stereocenters. The number of carbonyl (C=O) groups is 1. The molecule has 0 radical (unpaired) electrons. The minimum Gasteiger partial charge on any atom is -0.333 e. The highest BCUT2D eigenvalue weighted by Gasteiger charge is 2.27. The Kier molecular flexibility index (Phi) is 2.70. The third-order valence-corrected chi connectivity index (χ3v) is 3.37. The van der Waals surface area contributed by atoms with Gasteiger partial charge in [-0.25, -0.2) is 9.50 Å². The Labute approximate surface area is 105 Å². The fourth-order valence-corrected chi connectivity index (χ4v) is 2.35. The molecule has 0 spiro atoms. The van der Waals surface area contributed by atoms with E-state index in [0.29, 0.717) is 5.78 Å². The molecule has 1 saturated heterocycles. The monoisotopic (exact) mass is 245 g/mol. The van der Waals surface area contributed by atoms with Crippen LogP contribution in [0.25, 0.3) is 5.78 Å². The predicted molar refractivity (Wildman–Crippen MR) is 65.1 cm³/mol. The number of rotatable bonds is 1. The molecule has 1 aliphatic rings. The zero-order chi connectivity index (χ0) is 12.5. The Hall–Kier alpha value is -1.98. The lowest BCUT2D eigenvalue weighted by Gasteiger charge is -2.32. The van der Waals surface area contributed by atoms with Crippen LogP contribution in [0.15, 0.2) is 18.5 Å². The van der Waals surface area contributed by atoms with E-state index in [-0.39, 0.29) is 17.8 Å². The SMILES string of the molecule is CC1CCCCN1C(=O)c1nc2ncccn2n1. The van der Waals surface area contributed by atoms with Crippen LogP contribution in [0.5, 0.6) is 0 Å². The van der Waals surface area contributed by atoms with Crippen molar-refractivity contribution in [1.29, 1.82) is 0 Å². The van der Waals surface area contributed by atoms with Gasteiger partial charge in [0, 0.05) is 25.0 Å². The number of amides is 1. The molecule has 0 saturated carbocycles. The first kappa shape index (κ1) is 11.1. The third kappa shape index (κ3) is 1.83. The molecule has 18 heavy (non-hydrogen) atoms. The average Bonchev–Trinajstić information content (AvgIpc) is 2.82. The summed E-state index contributed by atoms with van der Waals surface area (Å²) in [5, 5.41) is 4.17. The first-order valence-corrected chi connectivity index (χ1v) is 6.24. The molecule has 0 bridgehead atoms. The summed E-state index contributed by atoms with van der Waals surface area (Å²) in [5.74, 6) is 0.612. The number of piperidine rings is 1. The second kappa shape index (κ2) is 4.36. The molecule has 0 N–H and O–H groups in total. The van der Waals surface area contributed by atoms with E-state index < -0.39 is 0 Å². The van der Waals surface area contributed by atoms with Gasteiger partial charge in [0.15, 0.2) is 0 Å². The van der Waals surface area contributed by atoms with Crippen LogP contribution >= 0.6 is 0 Å². The van der Waals surface area contributed by atoms with Crippen molar-refractivity contribution in [2.45, 2.75) is 32.2 Å². The lowest BCUT2D eigenvalue weighted by atomic mass is 10.0. The normalized spacial score (nSPS) is 20.3. The number of hydrogen-bond donors (Lipinski definition) is 0. The van der Waals surface area contributed by atoms with E-state index in [4.69, 9.17) is 0 Å². The fourth-order valence-electron chi connectivity index (χ4n) is 2.35. The summed E-state index contributed by atoms with van der Waals surface area (Å²) < 4.78 is 1.53. The molecule has 94 valence electrons. The molecule has 0 aromatic carbocycles. The summed E-state index contributed by atoms with van der Waals surface area (Å²) >= 11 is 0. The summed E-state index contributed by atoms with van der Waals surface area (Å²) in [7, 11) is 0. The van der Waals surface area contributed by atoms with Gasteiger partial charge in [-0.3, -0.25) is 4.79 Å². The van der Waals surface area contributed by atoms with Crippen molar-refractivity contribution < 1.29 is 4.79 Å². The van der Waals surface area contributed by atoms with Crippen molar-refractivity contribution in [3.63, 3.8) is 0 Å². The Balaban J connectivity index is 1.91. The molecule has 1 atom stereocenters. The Morgan fingerprint density at radius 1 is 1.44 bits per heavy atom. The van der Waals surface area contributed by atoms with E-state index in [9.17, 15) is 4.79 Å². The van der Waals surface area contributed by atoms with Crippen molar-refractivity contribution in [3.8, 4) is 0 Å². The second-order valence-corrected chi connectivity index (χ2v) is 4.64. The Bertz CT molecular complexity index is 546. The fraction of sp³-hybridized carbons (Fsp3) is 0.500. The second-order valence-electron chi connectivity index (χ2n) is 4.64. The molecule has 0 aliphatic carbocycles. The molecule has 1 aliphatic heterocycles. The maximum Gasteiger partial charge on any atom is 0.293 e. The Morgan fingerprint density at radius 3 is 3.11 bits per heavy atom. The topological polar surface area (TPSA) is 63.4 Å². The standard InChI is InChI=1S/C12H15N5O/c1-9-5-2-3-7-16(9)11(18)10-14-12-13-6-4-8-17(12)15-10/h4,6,8-9H,2-3,5,7H2,1H3. The van der Waals surface area contributed by atoms with Gasteiger partial charge < -0.3 is 4.90 Å². The van der Waals surface area contributed by atoms with E-state index in [1.807, 2.05) is 4.90 Å². The molecule has 3 rings (SSSR count). The van der Waals surface area contributed by atoms with Gasteiger partial charge in [-0.1, -0.05) is 0 Å². The van der Waals surface area contributed by atoms with Crippen LogP contribution in [0.4, 0.5) is 0 Å². The lowest BCUT2D eigenvalue weighted by Crippen LogP contribution is -2.42. The number of fused-ring (bicyclic) bond motifs is 1. The zero-order valence-electron chi connectivity index (χ0n) is 10.3. The first-order chi connectivity index (χ1) is 8.75. The number of hydrogen-bond acceptors (Lipinski definition) is 4. The summed E-state index contributed by atoms with van der Waals surface area (Å²) in [6.07, 6.45) is 6.68. The highest BCUT2D eigenvalue weighted by molar-refractivity contribution is 5.91. The van der Waals surface area contributed by atoms with E-state index in [2.05, 4.69) is 22.0 Å². The molecule has 2 aromatic heterocycles. The number of nitrogens with zero attached hydrogens (tertiary/aromatic N) is 5. The van der Waals surface area contributed by atoms with Crippen molar-refractivity contribution in [1.82, 2.24) is 24.5 Å². The van der Waals surface area contributed by atoms with E-state index in [0.717, 1.165) is 19.4 Å². The van der Waals surface area contributed by atoms with Crippen molar-refractivity contribution in [2.75, 3.05) is 6.54 Å². The molecule has 6 nitrogen and oxygen atoms in total. The number of carbonyl (C=O) groups excluding carboxylic acids is 1. The van der Waals surface area contributed by atoms with Crippen LogP contribution in [-0.2, 0) is 0 Å². The van der Waals surface area contributed by atoms with Gasteiger partial charge >= 0.3 is 0 Å². The smallest absolute Gasteiger partial charge is 0.293 e. The van der Waals surface area contributed by atoms with E-state index in [1.165, 1.54) is 10.9 Å². The highest BCUT2D eigenvalue weighted by atomic mass is 16.2. The van der Waals surface area contributed by atoms with Crippen molar-refractivity contribution in [2.24, 2.45) is 0 Å². The zero-order valence-corrected chi connectivity index (χ0v) is 10.3. The van der Waals surface area contributed by atoms with Crippen molar-refractivity contribution in [3.05, 3.63) is 24.3 Å². The predicted octanol–water partition coefficient (Wildman–Crippen LogP) is 1.14.